The normalized spacial score (nSPS) is 27.6. The second-order valence-electron chi connectivity index (χ2n) is 4.36. The second kappa shape index (κ2) is 6.82. The molecule has 1 saturated carbocycles. The summed E-state index contributed by atoms with van der Waals surface area (Å²) in [5, 5.41) is 10.5. The summed E-state index contributed by atoms with van der Waals surface area (Å²) in [5.41, 5.74) is 0. The Hall–Kier alpha value is 1.03. The first-order valence-electron chi connectivity index (χ1n) is 5.71. The summed E-state index contributed by atoms with van der Waals surface area (Å²) >= 11 is 0. The van der Waals surface area contributed by atoms with Crippen LogP contribution in [0.1, 0.15) is 38.5 Å². The molecular weight excluding hydrogens is 235 g/mol. The third kappa shape index (κ3) is 3.51. The van der Waals surface area contributed by atoms with Gasteiger partial charge >= 0.3 is 51.4 Å². The zero-order valence-electron chi connectivity index (χ0n) is 9.87. The van der Waals surface area contributed by atoms with Crippen molar-refractivity contribution >= 4 is 5.97 Å². The topological polar surface area (TPSA) is 58.6 Å². The average molecular weight is 252 g/mol. The molecule has 1 unspecified atom stereocenters. The summed E-state index contributed by atoms with van der Waals surface area (Å²) in [4.78, 5) is 10.5. The number of carbonyl (C=O) groups is 1. The van der Waals surface area contributed by atoms with E-state index in [-0.39, 0.29) is 63.7 Å². The average Bonchev–Trinajstić information content (AvgIpc) is 2.66. The van der Waals surface area contributed by atoms with Crippen LogP contribution >= 0.6 is 0 Å². The number of rotatable bonds is 3. The number of aliphatic carboxylic acids is 1. The SMILES string of the molecule is O=C([O-])CCC1CCCCC12OCCO2.[K+]. The molecule has 16 heavy (non-hydrogen) atoms. The van der Waals surface area contributed by atoms with Crippen LogP contribution in [0.4, 0.5) is 0 Å². The standard InChI is InChI=1S/C11H18O4.K/c12-10(13)5-4-9-3-1-2-6-11(9)14-7-8-15-11;/h9H,1-8H2,(H,12,13);/q;+1/p-1. The van der Waals surface area contributed by atoms with Crippen LogP contribution in [-0.4, -0.2) is 25.0 Å². The van der Waals surface area contributed by atoms with Crippen molar-refractivity contribution in [3.63, 3.8) is 0 Å². The Morgan fingerprint density at radius 2 is 2.00 bits per heavy atom. The van der Waals surface area contributed by atoms with Crippen molar-refractivity contribution in [2.45, 2.75) is 44.3 Å². The molecule has 86 valence electrons. The van der Waals surface area contributed by atoms with Crippen molar-refractivity contribution in [2.75, 3.05) is 13.2 Å². The van der Waals surface area contributed by atoms with Crippen molar-refractivity contribution in [1.82, 2.24) is 0 Å². The monoisotopic (exact) mass is 252 g/mol. The van der Waals surface area contributed by atoms with Crippen LogP contribution in [0.2, 0.25) is 0 Å². The van der Waals surface area contributed by atoms with Gasteiger partial charge in [-0.1, -0.05) is 6.42 Å². The van der Waals surface area contributed by atoms with Crippen LogP contribution in [0.25, 0.3) is 0 Å². The minimum Gasteiger partial charge on any atom is -0.550 e. The number of ether oxygens (including phenoxy) is 2. The second-order valence-corrected chi connectivity index (χ2v) is 4.36. The van der Waals surface area contributed by atoms with Crippen LogP contribution in [0.15, 0.2) is 0 Å². The van der Waals surface area contributed by atoms with Crippen molar-refractivity contribution in [3.8, 4) is 0 Å². The molecule has 0 aromatic carbocycles. The third-order valence-electron chi connectivity index (χ3n) is 3.42. The smallest absolute Gasteiger partial charge is 0.550 e. The Balaban J connectivity index is 0.00000128. The molecule has 1 saturated heterocycles. The Morgan fingerprint density at radius 1 is 1.31 bits per heavy atom. The molecule has 1 spiro atoms. The van der Waals surface area contributed by atoms with E-state index in [0.717, 1.165) is 25.7 Å². The van der Waals surface area contributed by atoms with Crippen molar-refractivity contribution in [2.24, 2.45) is 5.92 Å². The first-order chi connectivity index (χ1) is 7.23. The van der Waals surface area contributed by atoms with E-state index in [2.05, 4.69) is 0 Å². The molecule has 2 rings (SSSR count). The van der Waals surface area contributed by atoms with Crippen LogP contribution in [-0.2, 0) is 14.3 Å². The van der Waals surface area contributed by atoms with Gasteiger partial charge in [-0.15, -0.1) is 0 Å². The van der Waals surface area contributed by atoms with E-state index in [1.54, 1.807) is 0 Å². The molecule has 0 radical (unpaired) electrons. The quantitative estimate of drug-likeness (QED) is 0.519. The Morgan fingerprint density at radius 3 is 2.62 bits per heavy atom. The fraction of sp³-hybridized carbons (Fsp3) is 0.909. The van der Waals surface area contributed by atoms with Gasteiger partial charge in [-0.25, -0.2) is 0 Å². The summed E-state index contributed by atoms with van der Waals surface area (Å²) in [5.74, 6) is -1.21. The third-order valence-corrected chi connectivity index (χ3v) is 3.42. The van der Waals surface area contributed by atoms with Crippen LogP contribution < -0.4 is 56.5 Å². The van der Waals surface area contributed by atoms with Crippen molar-refractivity contribution in [3.05, 3.63) is 0 Å². The van der Waals surface area contributed by atoms with Gasteiger partial charge in [0.2, 0.25) is 0 Å². The molecule has 2 aliphatic rings. The minimum absolute atomic E-state index is 0. The first-order valence-corrected chi connectivity index (χ1v) is 5.71. The predicted octanol–water partition coefficient (Wildman–Crippen LogP) is -2.55. The van der Waals surface area contributed by atoms with Gasteiger partial charge in [-0.2, -0.15) is 0 Å². The van der Waals surface area contributed by atoms with E-state index < -0.39 is 11.8 Å². The maximum atomic E-state index is 10.5. The molecule has 4 nitrogen and oxygen atoms in total. The fourth-order valence-corrected chi connectivity index (χ4v) is 2.69. The van der Waals surface area contributed by atoms with E-state index in [1.807, 2.05) is 0 Å². The fourth-order valence-electron chi connectivity index (χ4n) is 2.69. The zero-order chi connectivity index (χ0) is 10.7. The molecule has 2 fully saturated rings. The van der Waals surface area contributed by atoms with E-state index >= 15 is 0 Å². The number of carboxylic acids is 1. The molecule has 5 heteroatoms. The summed E-state index contributed by atoms with van der Waals surface area (Å²) in [6.07, 6.45) is 4.90. The number of hydrogen-bond acceptors (Lipinski definition) is 4. The molecule has 1 heterocycles. The molecule has 0 bridgehead atoms. The molecule has 0 amide bonds. The Bertz CT molecular complexity index is 238. The van der Waals surface area contributed by atoms with Crippen LogP contribution in [0.3, 0.4) is 0 Å². The molecule has 0 aromatic heterocycles. The van der Waals surface area contributed by atoms with Crippen LogP contribution in [0, 0.1) is 5.92 Å². The van der Waals surface area contributed by atoms with E-state index in [9.17, 15) is 9.90 Å². The molecule has 1 atom stereocenters. The molecular formula is C11H17KO4. The van der Waals surface area contributed by atoms with Gasteiger partial charge in [0.25, 0.3) is 0 Å². The number of carboxylic acid groups (broad SMARTS) is 1. The molecule has 1 aliphatic heterocycles. The van der Waals surface area contributed by atoms with Gasteiger partial charge in [0.05, 0.1) is 13.2 Å². The minimum atomic E-state index is -0.978. The van der Waals surface area contributed by atoms with Gasteiger partial charge in [-0.3, -0.25) is 0 Å². The van der Waals surface area contributed by atoms with Gasteiger partial charge in [0, 0.05) is 18.3 Å². The maximum absolute atomic E-state index is 10.5. The summed E-state index contributed by atoms with van der Waals surface area (Å²) in [7, 11) is 0. The predicted molar refractivity (Wildman–Crippen MR) is 50.8 cm³/mol. The van der Waals surface area contributed by atoms with Crippen molar-refractivity contribution < 1.29 is 70.8 Å². The summed E-state index contributed by atoms with van der Waals surface area (Å²) in [6.45, 7) is 1.28. The number of carbonyl (C=O) groups excluding carboxylic acids is 1. The Kier molecular flexibility index (Phi) is 6.43. The van der Waals surface area contributed by atoms with E-state index in [4.69, 9.17) is 9.47 Å². The summed E-state index contributed by atoms with van der Waals surface area (Å²) < 4.78 is 11.4. The van der Waals surface area contributed by atoms with Gasteiger partial charge in [0.15, 0.2) is 5.79 Å². The summed E-state index contributed by atoms with van der Waals surface area (Å²) in [6, 6.07) is 0. The van der Waals surface area contributed by atoms with Crippen LogP contribution in [0.5, 0.6) is 0 Å². The number of hydrogen-bond donors (Lipinski definition) is 0. The molecule has 0 N–H and O–H groups in total. The van der Waals surface area contributed by atoms with E-state index in [0.29, 0.717) is 19.6 Å². The molecule has 0 aromatic rings. The largest absolute Gasteiger partial charge is 1.00 e. The van der Waals surface area contributed by atoms with E-state index in [1.165, 1.54) is 0 Å². The van der Waals surface area contributed by atoms with Gasteiger partial charge in [0.1, 0.15) is 0 Å². The van der Waals surface area contributed by atoms with Gasteiger partial charge < -0.3 is 19.4 Å². The maximum Gasteiger partial charge on any atom is 1.00 e. The zero-order valence-corrected chi connectivity index (χ0v) is 13.0. The first kappa shape index (κ1) is 15.1. The Labute approximate surface area is 138 Å². The van der Waals surface area contributed by atoms with Gasteiger partial charge in [-0.05, 0) is 25.7 Å². The van der Waals surface area contributed by atoms with Crippen molar-refractivity contribution in [1.29, 1.82) is 0 Å². The molecule has 1 aliphatic carbocycles.